The van der Waals surface area contributed by atoms with Crippen LogP contribution < -0.4 is 20.5 Å². The summed E-state index contributed by atoms with van der Waals surface area (Å²) in [4.78, 5) is 4.34. The molecule has 1 aliphatic heterocycles. The van der Waals surface area contributed by atoms with Crippen LogP contribution in [0.4, 0.5) is 5.69 Å². The highest BCUT2D eigenvalue weighted by Crippen LogP contribution is 2.32. The third kappa shape index (κ3) is 6.49. The van der Waals surface area contributed by atoms with Gasteiger partial charge in [0.15, 0.2) is 17.5 Å². The van der Waals surface area contributed by atoms with Crippen molar-refractivity contribution in [1.82, 2.24) is 0 Å². The fourth-order valence-electron chi connectivity index (χ4n) is 2.73. The van der Waals surface area contributed by atoms with Crippen LogP contribution in [-0.4, -0.2) is 38.9 Å². The first-order chi connectivity index (χ1) is 13.3. The Morgan fingerprint density at radius 3 is 2.70 bits per heavy atom. The standard InChI is InChI=1S/C21H27N3O3/c22-21(23-11-4-12-25-15-10-17-6-2-1-3-7-17)24-18-8-9-19-20(16-18)27-14-5-13-26-19/h1-3,6-9,16H,4-5,10-15H2,(H3,22,23,24). The van der Waals surface area contributed by atoms with Crippen LogP contribution in [0.3, 0.4) is 0 Å². The highest BCUT2D eigenvalue weighted by atomic mass is 16.5. The number of fused-ring (bicyclic) bond motifs is 1. The molecule has 3 rings (SSSR count). The number of hydrogen-bond donors (Lipinski definition) is 2. The molecule has 0 aromatic heterocycles. The second kappa shape index (κ2) is 10.4. The summed E-state index contributed by atoms with van der Waals surface area (Å²) in [5.74, 6) is 1.88. The molecule has 0 fully saturated rings. The average Bonchev–Trinajstić information content (AvgIpc) is 2.93. The number of ether oxygens (including phenoxy) is 3. The molecule has 3 N–H and O–H groups in total. The van der Waals surface area contributed by atoms with Crippen LogP contribution in [0, 0.1) is 0 Å². The predicted molar refractivity (Wildman–Crippen MR) is 108 cm³/mol. The van der Waals surface area contributed by atoms with Crippen molar-refractivity contribution in [3.8, 4) is 11.5 Å². The van der Waals surface area contributed by atoms with E-state index in [9.17, 15) is 0 Å². The summed E-state index contributed by atoms with van der Waals surface area (Å²) >= 11 is 0. The van der Waals surface area contributed by atoms with Gasteiger partial charge >= 0.3 is 0 Å². The van der Waals surface area contributed by atoms with Gasteiger partial charge in [-0.3, -0.25) is 4.99 Å². The minimum atomic E-state index is 0.383. The molecule has 0 spiro atoms. The predicted octanol–water partition coefficient (Wildman–Crippen LogP) is 3.22. The first-order valence-corrected chi connectivity index (χ1v) is 9.39. The largest absolute Gasteiger partial charge is 0.490 e. The van der Waals surface area contributed by atoms with Gasteiger partial charge in [-0.25, -0.2) is 0 Å². The molecule has 0 bridgehead atoms. The number of nitrogens with one attached hydrogen (secondary N) is 1. The summed E-state index contributed by atoms with van der Waals surface area (Å²) in [6, 6.07) is 16.0. The Kier molecular flexibility index (Phi) is 7.35. The van der Waals surface area contributed by atoms with Gasteiger partial charge in [0.2, 0.25) is 0 Å². The van der Waals surface area contributed by atoms with Gasteiger partial charge in [0, 0.05) is 31.3 Å². The molecule has 27 heavy (non-hydrogen) atoms. The van der Waals surface area contributed by atoms with Crippen molar-refractivity contribution in [3.05, 3.63) is 54.1 Å². The molecular formula is C21H27N3O3. The van der Waals surface area contributed by atoms with Gasteiger partial charge in [0.05, 0.1) is 19.8 Å². The summed E-state index contributed by atoms with van der Waals surface area (Å²) < 4.78 is 16.9. The maximum absolute atomic E-state index is 5.96. The zero-order valence-electron chi connectivity index (χ0n) is 15.5. The molecule has 1 aliphatic rings. The van der Waals surface area contributed by atoms with E-state index in [4.69, 9.17) is 19.9 Å². The van der Waals surface area contributed by atoms with E-state index in [1.165, 1.54) is 5.56 Å². The summed E-state index contributed by atoms with van der Waals surface area (Å²) in [6.45, 7) is 3.35. The molecule has 0 saturated carbocycles. The van der Waals surface area contributed by atoms with E-state index >= 15 is 0 Å². The number of anilines is 1. The van der Waals surface area contributed by atoms with Crippen LogP contribution in [0.15, 0.2) is 53.5 Å². The fraction of sp³-hybridized carbons (Fsp3) is 0.381. The summed E-state index contributed by atoms with van der Waals surface area (Å²) in [6.07, 6.45) is 2.64. The highest BCUT2D eigenvalue weighted by Gasteiger charge is 2.10. The first kappa shape index (κ1) is 19.0. The lowest BCUT2D eigenvalue weighted by atomic mass is 10.2. The van der Waals surface area contributed by atoms with Crippen LogP contribution >= 0.6 is 0 Å². The smallest absolute Gasteiger partial charge is 0.193 e. The lowest BCUT2D eigenvalue weighted by Crippen LogP contribution is -2.23. The number of hydrogen-bond acceptors (Lipinski definition) is 4. The molecule has 2 aromatic rings. The normalized spacial score (nSPS) is 13.9. The van der Waals surface area contributed by atoms with E-state index in [1.807, 2.05) is 36.4 Å². The van der Waals surface area contributed by atoms with Crippen LogP contribution in [0.2, 0.25) is 0 Å². The molecule has 0 radical (unpaired) electrons. The quantitative estimate of drug-likeness (QED) is 0.424. The van der Waals surface area contributed by atoms with Crippen LogP contribution in [0.5, 0.6) is 11.5 Å². The number of nitrogens with zero attached hydrogens (tertiary/aromatic N) is 1. The van der Waals surface area contributed by atoms with Gasteiger partial charge in [-0.05, 0) is 30.5 Å². The summed E-state index contributed by atoms with van der Waals surface area (Å²) in [5.41, 5.74) is 8.08. The Balaban J connectivity index is 1.34. The van der Waals surface area contributed by atoms with Gasteiger partial charge in [0.1, 0.15) is 0 Å². The Morgan fingerprint density at radius 2 is 1.85 bits per heavy atom. The van der Waals surface area contributed by atoms with Gasteiger partial charge in [0.25, 0.3) is 0 Å². The van der Waals surface area contributed by atoms with Crippen molar-refractivity contribution in [1.29, 1.82) is 0 Å². The van der Waals surface area contributed by atoms with Gasteiger partial charge in [-0.2, -0.15) is 0 Å². The zero-order chi connectivity index (χ0) is 18.7. The maximum Gasteiger partial charge on any atom is 0.193 e. The van der Waals surface area contributed by atoms with Crippen LogP contribution in [-0.2, 0) is 11.2 Å². The van der Waals surface area contributed by atoms with E-state index in [2.05, 4.69) is 22.4 Å². The third-order valence-corrected chi connectivity index (χ3v) is 4.13. The van der Waals surface area contributed by atoms with Crippen LogP contribution in [0.1, 0.15) is 18.4 Å². The highest BCUT2D eigenvalue weighted by molar-refractivity contribution is 5.92. The molecule has 0 amide bonds. The Morgan fingerprint density at radius 1 is 1.04 bits per heavy atom. The van der Waals surface area contributed by atoms with Gasteiger partial charge < -0.3 is 25.3 Å². The number of benzene rings is 2. The topological polar surface area (TPSA) is 78.1 Å². The second-order valence-electron chi connectivity index (χ2n) is 6.31. The molecule has 0 atom stereocenters. The van der Waals surface area contributed by atoms with Crippen molar-refractivity contribution in [2.24, 2.45) is 10.7 Å². The van der Waals surface area contributed by atoms with E-state index in [1.54, 1.807) is 0 Å². The molecule has 1 heterocycles. The average molecular weight is 369 g/mol. The number of guanidine groups is 1. The van der Waals surface area contributed by atoms with E-state index < -0.39 is 0 Å². The van der Waals surface area contributed by atoms with Crippen molar-refractivity contribution in [3.63, 3.8) is 0 Å². The number of rotatable bonds is 8. The van der Waals surface area contributed by atoms with Crippen molar-refractivity contribution < 1.29 is 14.2 Å². The Labute approximate surface area is 160 Å². The van der Waals surface area contributed by atoms with Crippen molar-refractivity contribution in [2.45, 2.75) is 19.3 Å². The number of nitrogens with two attached hydrogens (primary N) is 1. The summed E-state index contributed by atoms with van der Waals surface area (Å²) in [5, 5.41) is 3.09. The lowest BCUT2D eigenvalue weighted by molar-refractivity contribution is 0.136. The van der Waals surface area contributed by atoms with E-state index in [-0.39, 0.29) is 0 Å². The van der Waals surface area contributed by atoms with Crippen LogP contribution in [0.25, 0.3) is 0 Å². The monoisotopic (exact) mass is 369 g/mol. The van der Waals surface area contributed by atoms with Crippen molar-refractivity contribution >= 4 is 11.6 Å². The molecule has 6 nitrogen and oxygen atoms in total. The number of aliphatic imine (C=N–C) groups is 1. The maximum atomic E-state index is 5.96. The lowest BCUT2D eigenvalue weighted by Gasteiger charge is -2.10. The molecule has 0 unspecified atom stereocenters. The minimum absolute atomic E-state index is 0.383. The van der Waals surface area contributed by atoms with E-state index in [0.717, 1.165) is 43.1 Å². The van der Waals surface area contributed by atoms with E-state index in [0.29, 0.717) is 32.3 Å². The molecule has 144 valence electrons. The Bertz CT molecular complexity index is 735. The zero-order valence-corrected chi connectivity index (χ0v) is 15.5. The van der Waals surface area contributed by atoms with Gasteiger partial charge in [-0.15, -0.1) is 0 Å². The third-order valence-electron chi connectivity index (χ3n) is 4.13. The SMILES string of the molecule is NC(=NCCCOCCc1ccccc1)Nc1ccc2c(c1)OCCCO2. The minimum Gasteiger partial charge on any atom is -0.490 e. The summed E-state index contributed by atoms with van der Waals surface area (Å²) in [7, 11) is 0. The molecular weight excluding hydrogens is 342 g/mol. The molecule has 0 aliphatic carbocycles. The van der Waals surface area contributed by atoms with Crippen molar-refractivity contribution in [2.75, 3.05) is 38.3 Å². The molecule has 2 aromatic carbocycles. The first-order valence-electron chi connectivity index (χ1n) is 9.39. The molecule has 0 saturated heterocycles. The van der Waals surface area contributed by atoms with Gasteiger partial charge in [-0.1, -0.05) is 30.3 Å². The second-order valence-corrected chi connectivity index (χ2v) is 6.31. The fourth-order valence-corrected chi connectivity index (χ4v) is 2.73. The molecule has 6 heteroatoms. The Hall–Kier alpha value is -2.73.